The zero-order chi connectivity index (χ0) is 26.5. The SMILES string of the molecule is CCC[C@H](NC(=O)n1nnc2ccccc21)C(=O)N1CCC[C@H]1C(=O)N[C@@H](CCC)C(=O)C(F)(F)F. The number of benzene rings is 1. The lowest BCUT2D eigenvalue weighted by Gasteiger charge is -2.29. The van der Waals surface area contributed by atoms with E-state index in [2.05, 4.69) is 20.9 Å². The fourth-order valence-electron chi connectivity index (χ4n) is 4.30. The topological polar surface area (TPSA) is 126 Å². The molecular formula is C23H29F3N6O4. The minimum Gasteiger partial charge on any atom is -0.344 e. The molecule has 196 valence electrons. The van der Waals surface area contributed by atoms with E-state index in [1.807, 2.05) is 6.92 Å². The number of nitrogens with one attached hydrogen (secondary N) is 2. The molecule has 0 aliphatic carbocycles. The van der Waals surface area contributed by atoms with E-state index in [1.165, 1.54) is 4.90 Å². The highest BCUT2D eigenvalue weighted by Gasteiger charge is 2.45. The van der Waals surface area contributed by atoms with Crippen LogP contribution in [0.25, 0.3) is 11.0 Å². The summed E-state index contributed by atoms with van der Waals surface area (Å²) in [6, 6.07) is 2.39. The van der Waals surface area contributed by atoms with Gasteiger partial charge in [0.25, 0.3) is 5.78 Å². The zero-order valence-electron chi connectivity index (χ0n) is 20.0. The number of halogens is 3. The monoisotopic (exact) mass is 510 g/mol. The number of ketones is 1. The van der Waals surface area contributed by atoms with Gasteiger partial charge in [0.1, 0.15) is 17.6 Å². The Bertz CT molecular complexity index is 1120. The highest BCUT2D eigenvalue weighted by Crippen LogP contribution is 2.23. The van der Waals surface area contributed by atoms with Gasteiger partial charge in [0, 0.05) is 6.54 Å². The second kappa shape index (κ2) is 11.5. The van der Waals surface area contributed by atoms with Crippen molar-refractivity contribution in [3.8, 4) is 0 Å². The van der Waals surface area contributed by atoms with Crippen molar-refractivity contribution in [2.45, 2.75) is 76.7 Å². The van der Waals surface area contributed by atoms with Crippen molar-refractivity contribution in [1.29, 1.82) is 0 Å². The lowest BCUT2D eigenvalue weighted by atomic mass is 10.1. The summed E-state index contributed by atoms with van der Waals surface area (Å²) in [4.78, 5) is 52.1. The van der Waals surface area contributed by atoms with Crippen LogP contribution in [0.3, 0.4) is 0 Å². The molecule has 2 heterocycles. The number of rotatable bonds is 9. The quantitative estimate of drug-likeness (QED) is 0.534. The Morgan fingerprint density at radius 3 is 2.39 bits per heavy atom. The number of fused-ring (bicyclic) bond motifs is 1. The van der Waals surface area contributed by atoms with E-state index in [4.69, 9.17) is 0 Å². The summed E-state index contributed by atoms with van der Waals surface area (Å²) >= 11 is 0. The second-order valence-corrected chi connectivity index (χ2v) is 8.68. The van der Waals surface area contributed by atoms with Crippen LogP contribution in [0.1, 0.15) is 52.4 Å². The van der Waals surface area contributed by atoms with E-state index in [1.54, 1.807) is 31.2 Å². The summed E-state index contributed by atoms with van der Waals surface area (Å²) in [7, 11) is 0. The molecule has 13 heteroatoms. The number of alkyl halides is 3. The Labute approximate surface area is 205 Å². The molecule has 1 aliphatic rings. The van der Waals surface area contributed by atoms with Crippen LogP contribution in [-0.2, 0) is 14.4 Å². The van der Waals surface area contributed by atoms with Crippen molar-refractivity contribution in [3.63, 3.8) is 0 Å². The van der Waals surface area contributed by atoms with E-state index < -0.39 is 47.9 Å². The summed E-state index contributed by atoms with van der Waals surface area (Å²) in [5.41, 5.74) is 0.949. The van der Waals surface area contributed by atoms with Gasteiger partial charge in [0.15, 0.2) is 0 Å². The van der Waals surface area contributed by atoms with Crippen molar-refractivity contribution < 1.29 is 32.3 Å². The predicted octanol–water partition coefficient (Wildman–Crippen LogP) is 2.57. The maximum absolute atomic E-state index is 13.4. The molecule has 1 saturated heterocycles. The molecule has 0 spiro atoms. The molecule has 0 unspecified atom stereocenters. The first-order chi connectivity index (χ1) is 17.1. The Kier molecular flexibility index (Phi) is 8.64. The van der Waals surface area contributed by atoms with Gasteiger partial charge >= 0.3 is 12.2 Å². The predicted molar refractivity (Wildman–Crippen MR) is 123 cm³/mol. The molecule has 1 aliphatic heterocycles. The normalized spacial score (nSPS) is 17.6. The molecule has 36 heavy (non-hydrogen) atoms. The summed E-state index contributed by atoms with van der Waals surface area (Å²) in [6.45, 7) is 3.62. The number of hydrogen-bond acceptors (Lipinski definition) is 6. The lowest BCUT2D eigenvalue weighted by molar-refractivity contribution is -0.174. The fraction of sp³-hybridized carbons (Fsp3) is 0.565. The van der Waals surface area contributed by atoms with Crippen molar-refractivity contribution in [2.24, 2.45) is 0 Å². The van der Waals surface area contributed by atoms with E-state index in [0.29, 0.717) is 23.9 Å². The number of Topliss-reactive ketones (excluding diaryl/α,β-unsaturated/α-hetero) is 1. The van der Waals surface area contributed by atoms with Gasteiger partial charge in [-0.1, -0.05) is 44.0 Å². The van der Waals surface area contributed by atoms with Crippen LogP contribution in [0, 0.1) is 0 Å². The molecular weight excluding hydrogens is 481 g/mol. The number of para-hydroxylation sites is 1. The highest BCUT2D eigenvalue weighted by molar-refractivity contribution is 5.97. The number of hydrogen-bond donors (Lipinski definition) is 2. The maximum atomic E-state index is 13.4. The smallest absolute Gasteiger partial charge is 0.344 e. The summed E-state index contributed by atoms with van der Waals surface area (Å²) < 4.78 is 39.9. The third-order valence-electron chi connectivity index (χ3n) is 6.05. The van der Waals surface area contributed by atoms with Crippen LogP contribution in [0.5, 0.6) is 0 Å². The molecule has 3 rings (SSSR count). The minimum atomic E-state index is -5.08. The Hall–Kier alpha value is -3.51. The molecule has 0 saturated carbocycles. The van der Waals surface area contributed by atoms with Gasteiger partial charge in [-0.15, -0.1) is 5.10 Å². The lowest BCUT2D eigenvalue weighted by Crippen LogP contribution is -2.56. The van der Waals surface area contributed by atoms with Gasteiger partial charge in [-0.25, -0.2) is 4.79 Å². The van der Waals surface area contributed by atoms with Crippen LogP contribution in [-0.4, -0.2) is 74.4 Å². The van der Waals surface area contributed by atoms with Crippen LogP contribution >= 0.6 is 0 Å². The first kappa shape index (κ1) is 27.1. The average Bonchev–Trinajstić information content (AvgIpc) is 3.49. The Morgan fingerprint density at radius 2 is 1.72 bits per heavy atom. The van der Waals surface area contributed by atoms with Crippen LogP contribution in [0.4, 0.5) is 18.0 Å². The molecule has 3 atom stereocenters. The Balaban J connectivity index is 1.74. The van der Waals surface area contributed by atoms with Crippen molar-refractivity contribution in [3.05, 3.63) is 24.3 Å². The molecule has 2 N–H and O–H groups in total. The van der Waals surface area contributed by atoms with Crippen molar-refractivity contribution in [2.75, 3.05) is 6.54 Å². The second-order valence-electron chi connectivity index (χ2n) is 8.68. The molecule has 0 bridgehead atoms. The minimum absolute atomic E-state index is 0.175. The number of amides is 3. The zero-order valence-corrected chi connectivity index (χ0v) is 20.0. The number of nitrogens with zero attached hydrogens (tertiary/aromatic N) is 4. The van der Waals surface area contributed by atoms with Gasteiger partial charge in [-0.3, -0.25) is 14.4 Å². The van der Waals surface area contributed by atoms with Crippen LogP contribution in [0.2, 0.25) is 0 Å². The number of likely N-dealkylation sites (tertiary alicyclic amines) is 1. The fourth-order valence-corrected chi connectivity index (χ4v) is 4.30. The largest absolute Gasteiger partial charge is 0.452 e. The summed E-state index contributed by atoms with van der Waals surface area (Å²) in [5.74, 6) is -3.37. The molecule has 1 aromatic heterocycles. The van der Waals surface area contributed by atoms with Gasteiger partial charge in [0.2, 0.25) is 11.8 Å². The van der Waals surface area contributed by atoms with Crippen LogP contribution < -0.4 is 10.6 Å². The van der Waals surface area contributed by atoms with Gasteiger partial charge in [-0.2, -0.15) is 17.9 Å². The van der Waals surface area contributed by atoms with E-state index >= 15 is 0 Å². The van der Waals surface area contributed by atoms with E-state index in [0.717, 1.165) is 4.68 Å². The van der Waals surface area contributed by atoms with Gasteiger partial charge in [0.05, 0.1) is 11.6 Å². The van der Waals surface area contributed by atoms with Gasteiger partial charge < -0.3 is 15.5 Å². The molecule has 0 radical (unpaired) electrons. The third-order valence-corrected chi connectivity index (χ3v) is 6.05. The van der Waals surface area contributed by atoms with E-state index in [9.17, 15) is 32.3 Å². The maximum Gasteiger partial charge on any atom is 0.452 e. The summed E-state index contributed by atoms with van der Waals surface area (Å²) in [6.07, 6.45) is -3.51. The summed E-state index contributed by atoms with van der Waals surface area (Å²) in [5, 5.41) is 12.6. The third kappa shape index (κ3) is 6.00. The highest BCUT2D eigenvalue weighted by atomic mass is 19.4. The first-order valence-electron chi connectivity index (χ1n) is 11.9. The van der Waals surface area contributed by atoms with Crippen LogP contribution in [0.15, 0.2) is 24.3 Å². The van der Waals surface area contributed by atoms with Gasteiger partial charge in [-0.05, 0) is 37.8 Å². The van der Waals surface area contributed by atoms with Crippen molar-refractivity contribution >= 4 is 34.7 Å². The average molecular weight is 511 g/mol. The number of carbonyl (C=O) groups excluding carboxylic acids is 4. The molecule has 1 aromatic carbocycles. The van der Waals surface area contributed by atoms with Crippen molar-refractivity contribution in [1.82, 2.24) is 30.5 Å². The number of aromatic nitrogens is 3. The molecule has 2 aromatic rings. The Morgan fingerprint density at radius 1 is 1.06 bits per heavy atom. The molecule has 3 amide bonds. The number of carbonyl (C=O) groups is 4. The molecule has 10 nitrogen and oxygen atoms in total. The van der Waals surface area contributed by atoms with E-state index in [-0.39, 0.29) is 32.2 Å². The molecule has 1 fully saturated rings. The standard InChI is InChI=1S/C23H29F3N6O4/c1-3-8-15(19(33)23(24,25)26)27-20(34)18-12-7-13-31(18)21(35)16(9-4-2)28-22(36)32-17-11-6-5-10-14(17)29-30-32/h5-6,10-11,15-16,18H,3-4,7-9,12-13H2,1-2H3,(H,27,34)(H,28,36)/t15-,16-,18-/m0/s1. The first-order valence-corrected chi connectivity index (χ1v) is 11.9.